The zero-order valence-corrected chi connectivity index (χ0v) is 21.4. The van der Waals surface area contributed by atoms with Gasteiger partial charge in [0.2, 0.25) is 5.91 Å². The maximum absolute atomic E-state index is 13.5. The minimum Gasteiger partial charge on any atom is -0.495 e. The van der Waals surface area contributed by atoms with Crippen molar-refractivity contribution in [3.63, 3.8) is 0 Å². The number of nitrogens with zero attached hydrogens (tertiary/aromatic N) is 2. The van der Waals surface area contributed by atoms with E-state index >= 15 is 0 Å². The van der Waals surface area contributed by atoms with Crippen molar-refractivity contribution in [1.82, 2.24) is 4.57 Å². The third-order valence-electron chi connectivity index (χ3n) is 6.45. The van der Waals surface area contributed by atoms with E-state index in [2.05, 4.69) is 11.4 Å². The first-order valence-electron chi connectivity index (χ1n) is 12.1. The molecule has 0 bridgehead atoms. The topological polar surface area (TPSA) is 131 Å². The van der Waals surface area contributed by atoms with Gasteiger partial charge in [-0.15, -0.1) is 0 Å². The summed E-state index contributed by atoms with van der Waals surface area (Å²) in [6.07, 6.45) is 4.15. The van der Waals surface area contributed by atoms with Gasteiger partial charge in [-0.1, -0.05) is 11.6 Å². The Kier molecular flexibility index (Phi) is 8.46. The first-order valence-corrected chi connectivity index (χ1v) is 12.4. The number of anilines is 1. The number of nitrogens with one attached hydrogen (secondary N) is 1. The Bertz CT molecular complexity index is 1440. The van der Waals surface area contributed by atoms with Gasteiger partial charge in [0, 0.05) is 40.9 Å². The van der Waals surface area contributed by atoms with Gasteiger partial charge >= 0.3 is 5.97 Å². The smallest absolute Gasteiger partial charge is 0.335 e. The van der Waals surface area contributed by atoms with Crippen LogP contribution in [0.2, 0.25) is 5.02 Å². The van der Waals surface area contributed by atoms with E-state index in [4.69, 9.17) is 26.2 Å². The molecule has 4 rings (SSSR count). The second-order valence-electron chi connectivity index (χ2n) is 8.91. The third-order valence-corrected chi connectivity index (χ3v) is 6.69. The number of carbonyl (C=O) groups is 2. The maximum Gasteiger partial charge on any atom is 0.335 e. The van der Waals surface area contributed by atoms with E-state index in [1.165, 1.54) is 48.2 Å². The summed E-state index contributed by atoms with van der Waals surface area (Å²) >= 11 is 6.16. The van der Waals surface area contributed by atoms with E-state index in [-0.39, 0.29) is 23.8 Å². The molecule has 0 spiro atoms. The number of ether oxygens (including phenoxy) is 2. The number of methoxy groups -OCH3 is 1. The van der Waals surface area contributed by atoms with E-state index in [1.54, 1.807) is 18.2 Å². The highest BCUT2D eigenvalue weighted by Crippen LogP contribution is 2.34. The van der Waals surface area contributed by atoms with E-state index < -0.39 is 23.5 Å². The fourth-order valence-corrected chi connectivity index (χ4v) is 4.67. The minimum atomic E-state index is -1.08. The number of nitriles is 1. The number of carboxylic acid groups (broad SMARTS) is 1. The average Bonchev–Trinajstić information content (AvgIpc) is 2.92. The molecular weight excluding hydrogens is 510 g/mol. The molecule has 2 atom stereocenters. The summed E-state index contributed by atoms with van der Waals surface area (Å²) in [6, 6.07) is 13.0. The maximum atomic E-state index is 13.5. The number of carbonyl (C=O) groups excluding carboxylic acids is 1. The second kappa shape index (κ2) is 11.9. The Labute approximate surface area is 224 Å². The van der Waals surface area contributed by atoms with Crippen molar-refractivity contribution < 1.29 is 24.2 Å². The molecule has 2 N–H and O–H groups in total. The molecule has 2 aromatic carbocycles. The summed E-state index contributed by atoms with van der Waals surface area (Å²) in [5, 5.41) is 21.9. The number of hydrogen-bond acceptors (Lipinski definition) is 6. The lowest BCUT2D eigenvalue weighted by molar-refractivity contribution is -0.121. The minimum absolute atomic E-state index is 0.0875. The van der Waals surface area contributed by atoms with Crippen LogP contribution >= 0.6 is 11.6 Å². The van der Waals surface area contributed by atoms with Crippen molar-refractivity contribution in [2.24, 2.45) is 0 Å². The van der Waals surface area contributed by atoms with Crippen LogP contribution in [0, 0.1) is 11.3 Å². The second-order valence-corrected chi connectivity index (χ2v) is 9.35. The number of halogens is 1. The monoisotopic (exact) mass is 535 g/mol. The predicted octanol–water partition coefficient (Wildman–Crippen LogP) is 4.89. The van der Waals surface area contributed by atoms with Crippen molar-refractivity contribution >= 4 is 29.2 Å². The Hall–Kier alpha value is -4.13. The number of hydrogen-bond donors (Lipinski definition) is 2. The van der Waals surface area contributed by atoms with Crippen molar-refractivity contribution in [2.45, 2.75) is 37.8 Å². The van der Waals surface area contributed by atoms with Gasteiger partial charge in [0.25, 0.3) is 5.56 Å². The van der Waals surface area contributed by atoms with Gasteiger partial charge in [0.1, 0.15) is 11.8 Å². The molecule has 9 nitrogen and oxygen atoms in total. The molecular formula is C28H26ClN3O6. The van der Waals surface area contributed by atoms with Crippen molar-refractivity contribution in [3.05, 3.63) is 81.2 Å². The molecule has 1 saturated heterocycles. The number of aromatic nitrogens is 1. The fraction of sp³-hybridized carbons (Fsp3) is 0.286. The molecule has 10 heteroatoms. The van der Waals surface area contributed by atoms with Crippen LogP contribution in [-0.4, -0.2) is 41.4 Å². The molecule has 1 amide bonds. The van der Waals surface area contributed by atoms with Crippen LogP contribution in [0.15, 0.2) is 59.5 Å². The van der Waals surface area contributed by atoms with Crippen LogP contribution in [0.5, 0.6) is 5.75 Å². The van der Waals surface area contributed by atoms with Crippen molar-refractivity contribution in [3.8, 4) is 22.9 Å². The highest BCUT2D eigenvalue weighted by atomic mass is 35.5. The molecule has 38 heavy (non-hydrogen) atoms. The summed E-state index contributed by atoms with van der Waals surface area (Å²) < 4.78 is 12.7. The number of amides is 1. The van der Waals surface area contributed by atoms with Gasteiger partial charge in [0.15, 0.2) is 0 Å². The summed E-state index contributed by atoms with van der Waals surface area (Å²) in [4.78, 5) is 38.1. The summed E-state index contributed by atoms with van der Waals surface area (Å²) in [5.41, 5.74) is 1.15. The lowest BCUT2D eigenvalue weighted by Gasteiger charge is -2.28. The number of benzene rings is 2. The zero-order chi connectivity index (χ0) is 27.2. The molecule has 3 aromatic rings. The van der Waals surface area contributed by atoms with Crippen LogP contribution in [0.1, 0.15) is 47.6 Å². The van der Waals surface area contributed by atoms with Crippen molar-refractivity contribution in [2.75, 3.05) is 19.0 Å². The summed E-state index contributed by atoms with van der Waals surface area (Å²) in [5.74, 6) is -1.25. The zero-order valence-electron chi connectivity index (χ0n) is 20.6. The molecule has 2 heterocycles. The Morgan fingerprint density at radius 3 is 2.61 bits per heavy atom. The molecule has 1 aromatic heterocycles. The van der Waals surface area contributed by atoms with Crippen LogP contribution in [0.4, 0.5) is 5.69 Å². The Balaban J connectivity index is 1.73. The standard InChI is InChI=1S/C28H26ClN3O6/c1-37-25-16-32(26(33)14-23(25)22-12-19(29)8-5-18(22)15-30)24(13-21-4-2-3-11-38-21)27(34)31-20-9-6-17(7-10-20)28(35)36/h5-10,12,14,16,21,24H,2-4,11,13H2,1H3,(H,31,34)(H,35,36)/t21-,24?/m0/s1. The van der Waals surface area contributed by atoms with Gasteiger partial charge < -0.3 is 19.9 Å². The first-order chi connectivity index (χ1) is 18.3. The molecule has 0 saturated carbocycles. The highest BCUT2D eigenvalue weighted by molar-refractivity contribution is 6.31. The average molecular weight is 536 g/mol. The predicted molar refractivity (Wildman–Crippen MR) is 142 cm³/mol. The molecule has 1 aliphatic rings. The van der Waals surface area contributed by atoms with Crippen molar-refractivity contribution in [1.29, 1.82) is 5.26 Å². The molecule has 0 aliphatic carbocycles. The number of carboxylic acids is 1. The van der Waals surface area contributed by atoms with Crippen LogP contribution in [0.25, 0.3) is 11.1 Å². The summed E-state index contributed by atoms with van der Waals surface area (Å²) in [6.45, 7) is 0.582. The number of rotatable bonds is 8. The first kappa shape index (κ1) is 26.9. The quantitative estimate of drug-likeness (QED) is 0.420. The van der Waals surface area contributed by atoms with Crippen LogP contribution in [0.3, 0.4) is 0 Å². The van der Waals surface area contributed by atoms with Gasteiger partial charge in [-0.05, 0) is 61.7 Å². The number of aromatic carboxylic acids is 1. The van der Waals surface area contributed by atoms with Gasteiger partial charge in [-0.25, -0.2) is 4.79 Å². The highest BCUT2D eigenvalue weighted by Gasteiger charge is 2.29. The molecule has 1 fully saturated rings. The largest absolute Gasteiger partial charge is 0.495 e. The van der Waals surface area contributed by atoms with Gasteiger partial charge in [-0.3, -0.25) is 14.2 Å². The SMILES string of the molecule is COc1cn(C(C[C@@H]2CCCCO2)C(=O)Nc2ccc(C(=O)O)cc2)c(=O)cc1-c1cc(Cl)ccc1C#N. The normalized spacial score (nSPS) is 15.8. The third kappa shape index (κ3) is 6.05. The lowest BCUT2D eigenvalue weighted by Crippen LogP contribution is -2.36. The van der Waals surface area contributed by atoms with E-state index in [1.807, 2.05) is 0 Å². The summed E-state index contributed by atoms with van der Waals surface area (Å²) in [7, 11) is 1.44. The molecule has 1 aliphatic heterocycles. The Morgan fingerprint density at radius 1 is 1.21 bits per heavy atom. The van der Waals surface area contributed by atoms with E-state index in [0.717, 1.165) is 19.3 Å². The molecule has 0 radical (unpaired) electrons. The van der Waals surface area contributed by atoms with E-state index in [9.17, 15) is 19.6 Å². The van der Waals surface area contributed by atoms with Gasteiger partial charge in [-0.2, -0.15) is 5.26 Å². The molecule has 196 valence electrons. The molecule has 1 unspecified atom stereocenters. The van der Waals surface area contributed by atoms with Crippen LogP contribution in [-0.2, 0) is 9.53 Å². The van der Waals surface area contributed by atoms with Crippen LogP contribution < -0.4 is 15.6 Å². The van der Waals surface area contributed by atoms with Gasteiger partial charge in [0.05, 0.1) is 36.6 Å². The van der Waals surface area contributed by atoms with E-state index in [0.29, 0.717) is 34.0 Å². The number of pyridine rings is 1. The fourth-order valence-electron chi connectivity index (χ4n) is 4.49. The lowest BCUT2D eigenvalue weighted by atomic mass is 9.99. The Morgan fingerprint density at radius 2 is 1.97 bits per heavy atom.